The third kappa shape index (κ3) is 3.39. The van der Waals surface area contributed by atoms with Gasteiger partial charge in [-0.25, -0.2) is 0 Å². The molecule has 1 aliphatic rings. The first kappa shape index (κ1) is 13.2. The molecular weight excluding hydrogens is 298 g/mol. The molecule has 2 N–H and O–H groups in total. The van der Waals surface area contributed by atoms with Crippen LogP contribution in [0.2, 0.25) is 0 Å². The van der Waals surface area contributed by atoms with Crippen molar-refractivity contribution in [3.8, 4) is 0 Å². The molecule has 4 heteroatoms. The minimum Gasteiger partial charge on any atom is -0.327 e. The van der Waals surface area contributed by atoms with Gasteiger partial charge in [-0.05, 0) is 37.1 Å². The summed E-state index contributed by atoms with van der Waals surface area (Å²) in [4.78, 5) is 0.899. The smallest absolute Gasteiger partial charge is 0.0576 e. The molecule has 17 heavy (non-hydrogen) atoms. The number of benzene rings is 1. The first-order valence-corrected chi connectivity index (χ1v) is 8.11. The molecule has 1 aromatic carbocycles. The highest BCUT2D eigenvalue weighted by atomic mass is 79.9. The van der Waals surface area contributed by atoms with Gasteiger partial charge < -0.3 is 5.73 Å². The maximum atomic E-state index is 12.5. The normalized spacial score (nSPS) is 27.4. The van der Waals surface area contributed by atoms with Crippen molar-refractivity contribution >= 4 is 26.7 Å². The Hall–Kier alpha value is -0.190. The average Bonchev–Trinajstić information content (AvgIpc) is 2.54. The van der Waals surface area contributed by atoms with Gasteiger partial charge in [-0.15, -0.1) is 0 Å². The van der Waals surface area contributed by atoms with E-state index in [4.69, 9.17) is 5.73 Å². The summed E-state index contributed by atoms with van der Waals surface area (Å²) in [5, 5.41) is 0.124. The molecule has 0 aliphatic heterocycles. The standard InChI is InChI=1S/C13H18BrNOS/c14-10-6-8-11(9-7-10)17(16)13-5-3-1-2-4-12(13)15/h6-9,12-13H,1-5,15H2. The molecule has 0 amide bonds. The van der Waals surface area contributed by atoms with E-state index in [2.05, 4.69) is 15.9 Å². The Kier molecular flexibility index (Phi) is 4.77. The van der Waals surface area contributed by atoms with Crippen molar-refractivity contribution in [2.24, 2.45) is 5.73 Å². The van der Waals surface area contributed by atoms with Gasteiger partial charge in [0.1, 0.15) is 0 Å². The zero-order valence-electron chi connectivity index (χ0n) is 9.77. The second-order valence-electron chi connectivity index (χ2n) is 4.59. The van der Waals surface area contributed by atoms with Crippen molar-refractivity contribution < 1.29 is 4.21 Å². The molecule has 1 fully saturated rings. The van der Waals surface area contributed by atoms with Gasteiger partial charge >= 0.3 is 0 Å². The lowest BCUT2D eigenvalue weighted by atomic mass is 10.1. The van der Waals surface area contributed by atoms with E-state index in [-0.39, 0.29) is 11.3 Å². The fourth-order valence-corrected chi connectivity index (χ4v) is 4.16. The Morgan fingerprint density at radius 1 is 1.12 bits per heavy atom. The molecule has 1 aliphatic carbocycles. The van der Waals surface area contributed by atoms with E-state index >= 15 is 0 Å². The first-order valence-electron chi connectivity index (χ1n) is 6.10. The Labute approximate surface area is 114 Å². The average molecular weight is 316 g/mol. The first-order chi connectivity index (χ1) is 8.18. The van der Waals surface area contributed by atoms with Gasteiger partial charge in [0.15, 0.2) is 0 Å². The number of rotatable bonds is 2. The van der Waals surface area contributed by atoms with E-state index in [0.717, 1.165) is 28.6 Å². The maximum absolute atomic E-state index is 12.5. The topological polar surface area (TPSA) is 43.1 Å². The quantitative estimate of drug-likeness (QED) is 0.851. The van der Waals surface area contributed by atoms with E-state index in [1.807, 2.05) is 24.3 Å². The van der Waals surface area contributed by atoms with Crippen molar-refractivity contribution in [1.82, 2.24) is 0 Å². The van der Waals surface area contributed by atoms with Gasteiger partial charge in [-0.3, -0.25) is 4.21 Å². The molecule has 0 aromatic heterocycles. The van der Waals surface area contributed by atoms with Crippen LogP contribution in [0.5, 0.6) is 0 Å². The van der Waals surface area contributed by atoms with Crippen molar-refractivity contribution in [2.45, 2.75) is 48.3 Å². The second kappa shape index (κ2) is 6.12. The van der Waals surface area contributed by atoms with Crippen LogP contribution >= 0.6 is 15.9 Å². The molecule has 1 saturated carbocycles. The number of halogens is 1. The highest BCUT2D eigenvalue weighted by molar-refractivity contribution is 9.10. The summed E-state index contributed by atoms with van der Waals surface area (Å²) in [6.45, 7) is 0. The molecule has 2 nitrogen and oxygen atoms in total. The molecule has 3 unspecified atom stereocenters. The highest BCUT2D eigenvalue weighted by Gasteiger charge is 2.26. The largest absolute Gasteiger partial charge is 0.327 e. The van der Waals surface area contributed by atoms with Crippen LogP contribution in [0.3, 0.4) is 0 Å². The summed E-state index contributed by atoms with van der Waals surface area (Å²) >= 11 is 3.39. The number of hydrogen-bond donors (Lipinski definition) is 1. The van der Waals surface area contributed by atoms with Gasteiger partial charge in [0.25, 0.3) is 0 Å². The zero-order chi connectivity index (χ0) is 12.3. The van der Waals surface area contributed by atoms with Gasteiger partial charge in [-0.2, -0.15) is 0 Å². The summed E-state index contributed by atoms with van der Waals surface area (Å²) < 4.78 is 13.5. The van der Waals surface area contributed by atoms with Crippen LogP contribution in [0.15, 0.2) is 33.6 Å². The Morgan fingerprint density at radius 3 is 2.47 bits per heavy atom. The summed E-state index contributed by atoms with van der Waals surface area (Å²) in [5.74, 6) is 0. The zero-order valence-corrected chi connectivity index (χ0v) is 12.2. The van der Waals surface area contributed by atoms with Crippen LogP contribution in [-0.2, 0) is 10.8 Å². The van der Waals surface area contributed by atoms with E-state index < -0.39 is 10.8 Å². The van der Waals surface area contributed by atoms with Crippen LogP contribution in [0.4, 0.5) is 0 Å². The molecule has 3 atom stereocenters. The van der Waals surface area contributed by atoms with Gasteiger partial charge in [0.2, 0.25) is 0 Å². The van der Waals surface area contributed by atoms with E-state index in [1.165, 1.54) is 12.8 Å². The summed E-state index contributed by atoms with van der Waals surface area (Å²) in [6, 6.07) is 7.82. The van der Waals surface area contributed by atoms with Gasteiger partial charge in [-0.1, -0.05) is 35.2 Å². The Morgan fingerprint density at radius 2 is 1.76 bits per heavy atom. The lowest BCUT2D eigenvalue weighted by molar-refractivity contribution is 0.575. The predicted molar refractivity (Wildman–Crippen MR) is 75.4 cm³/mol. The SMILES string of the molecule is NC1CCCCCC1S(=O)c1ccc(Br)cc1. The third-order valence-electron chi connectivity index (χ3n) is 3.32. The lowest BCUT2D eigenvalue weighted by Gasteiger charge is -2.20. The Bertz CT molecular complexity index is 393. The van der Waals surface area contributed by atoms with Crippen molar-refractivity contribution in [1.29, 1.82) is 0 Å². The molecule has 0 spiro atoms. The van der Waals surface area contributed by atoms with Crippen molar-refractivity contribution in [2.75, 3.05) is 0 Å². The van der Waals surface area contributed by atoms with Gasteiger partial charge in [0.05, 0.1) is 16.0 Å². The van der Waals surface area contributed by atoms with Crippen LogP contribution in [0.25, 0.3) is 0 Å². The fourth-order valence-electron chi connectivity index (χ4n) is 2.31. The number of nitrogens with two attached hydrogens (primary N) is 1. The predicted octanol–water partition coefficient (Wildman–Crippen LogP) is 3.22. The van der Waals surface area contributed by atoms with Crippen molar-refractivity contribution in [3.05, 3.63) is 28.7 Å². The molecule has 2 rings (SSSR count). The molecule has 1 aromatic rings. The summed E-state index contributed by atoms with van der Waals surface area (Å²) in [6.07, 6.45) is 5.55. The summed E-state index contributed by atoms with van der Waals surface area (Å²) in [7, 11) is -0.965. The monoisotopic (exact) mass is 315 g/mol. The Balaban J connectivity index is 2.15. The minimum atomic E-state index is -0.965. The van der Waals surface area contributed by atoms with Crippen LogP contribution in [0.1, 0.15) is 32.1 Å². The van der Waals surface area contributed by atoms with E-state index in [1.54, 1.807) is 0 Å². The van der Waals surface area contributed by atoms with Gasteiger partial charge in [0, 0.05) is 15.4 Å². The van der Waals surface area contributed by atoms with Crippen molar-refractivity contribution in [3.63, 3.8) is 0 Å². The molecule has 94 valence electrons. The second-order valence-corrected chi connectivity index (χ2v) is 7.18. The molecule has 0 radical (unpaired) electrons. The fraction of sp³-hybridized carbons (Fsp3) is 0.538. The molecular formula is C13H18BrNOS. The lowest BCUT2D eigenvalue weighted by Crippen LogP contribution is -2.36. The minimum absolute atomic E-state index is 0.0852. The third-order valence-corrected chi connectivity index (χ3v) is 5.73. The van der Waals surface area contributed by atoms with Crippen LogP contribution in [0, 0.1) is 0 Å². The van der Waals surface area contributed by atoms with E-state index in [0.29, 0.717) is 0 Å². The highest BCUT2D eigenvalue weighted by Crippen LogP contribution is 2.25. The number of hydrogen-bond acceptors (Lipinski definition) is 2. The maximum Gasteiger partial charge on any atom is 0.0576 e. The molecule has 0 saturated heterocycles. The van der Waals surface area contributed by atoms with Crippen LogP contribution in [-0.4, -0.2) is 15.5 Å². The van der Waals surface area contributed by atoms with Crippen LogP contribution < -0.4 is 5.73 Å². The summed E-state index contributed by atoms with van der Waals surface area (Å²) in [5.41, 5.74) is 6.14. The molecule has 0 heterocycles. The molecule has 0 bridgehead atoms. The van der Waals surface area contributed by atoms with E-state index in [9.17, 15) is 4.21 Å².